The Balaban J connectivity index is 1.37. The average molecular weight is 425 g/mol. The van der Waals surface area contributed by atoms with Crippen molar-refractivity contribution in [1.29, 1.82) is 0 Å². The van der Waals surface area contributed by atoms with Gasteiger partial charge < -0.3 is 15.4 Å². The van der Waals surface area contributed by atoms with E-state index in [0.29, 0.717) is 5.75 Å². The van der Waals surface area contributed by atoms with Gasteiger partial charge in [-0.05, 0) is 18.2 Å². The third kappa shape index (κ3) is 4.09. The zero-order valence-electron chi connectivity index (χ0n) is 17.5. The summed E-state index contributed by atoms with van der Waals surface area (Å²) >= 11 is 0. The molecule has 1 fully saturated rings. The van der Waals surface area contributed by atoms with Crippen molar-refractivity contribution in [1.82, 2.24) is 15.0 Å². The predicted molar refractivity (Wildman–Crippen MR) is 124 cm³/mol. The lowest BCUT2D eigenvalue weighted by molar-refractivity contribution is 0.0994. The molecule has 1 aliphatic heterocycles. The standard InChI is InChI=1S/C25H23N5O2/c26-23(31)22-16-19(10-13-27-22)32-18-11-14-30(15-12-18)25-20-8-4-5-9-21(20)28-24(29-25)17-6-2-1-3-7-17/h1-10,13,16,18H,11-12,14-15H2,(H2,26,31). The summed E-state index contributed by atoms with van der Waals surface area (Å²) < 4.78 is 6.10. The largest absolute Gasteiger partial charge is 0.490 e. The maximum absolute atomic E-state index is 11.4. The normalized spacial score (nSPS) is 14.4. The number of aromatic nitrogens is 3. The Morgan fingerprint density at radius 1 is 0.969 bits per heavy atom. The molecule has 5 rings (SSSR count). The van der Waals surface area contributed by atoms with Crippen LogP contribution in [0.2, 0.25) is 0 Å². The van der Waals surface area contributed by atoms with Crippen LogP contribution in [-0.2, 0) is 0 Å². The van der Waals surface area contributed by atoms with E-state index in [1.165, 1.54) is 0 Å². The van der Waals surface area contributed by atoms with Gasteiger partial charge in [-0.15, -0.1) is 0 Å². The van der Waals surface area contributed by atoms with Crippen LogP contribution in [0.4, 0.5) is 5.82 Å². The lowest BCUT2D eigenvalue weighted by Crippen LogP contribution is -2.39. The molecule has 2 aromatic heterocycles. The zero-order valence-corrected chi connectivity index (χ0v) is 17.5. The number of ether oxygens (including phenoxy) is 1. The Bertz CT molecular complexity index is 1250. The van der Waals surface area contributed by atoms with Gasteiger partial charge in [-0.1, -0.05) is 42.5 Å². The quantitative estimate of drug-likeness (QED) is 0.522. The van der Waals surface area contributed by atoms with Crippen LogP contribution in [0.15, 0.2) is 72.9 Å². The van der Waals surface area contributed by atoms with E-state index < -0.39 is 5.91 Å². The molecule has 2 aromatic carbocycles. The van der Waals surface area contributed by atoms with Gasteiger partial charge in [-0.25, -0.2) is 9.97 Å². The van der Waals surface area contributed by atoms with E-state index in [2.05, 4.69) is 16.0 Å². The number of benzene rings is 2. The van der Waals surface area contributed by atoms with Crippen molar-refractivity contribution < 1.29 is 9.53 Å². The number of nitrogens with zero attached hydrogens (tertiary/aromatic N) is 4. The molecule has 1 saturated heterocycles. The molecule has 1 amide bonds. The number of nitrogens with two attached hydrogens (primary N) is 1. The number of pyridine rings is 1. The molecule has 0 saturated carbocycles. The molecule has 32 heavy (non-hydrogen) atoms. The maximum Gasteiger partial charge on any atom is 0.267 e. The van der Waals surface area contributed by atoms with Crippen LogP contribution in [0.1, 0.15) is 23.3 Å². The molecule has 7 heteroatoms. The third-order valence-corrected chi connectivity index (χ3v) is 5.64. The van der Waals surface area contributed by atoms with Crippen LogP contribution < -0.4 is 15.4 Å². The minimum absolute atomic E-state index is 0.0519. The highest BCUT2D eigenvalue weighted by molar-refractivity contribution is 5.91. The number of piperidine rings is 1. The van der Waals surface area contributed by atoms with Crippen molar-refractivity contribution in [3.8, 4) is 17.1 Å². The summed E-state index contributed by atoms with van der Waals surface area (Å²) in [7, 11) is 0. The number of carbonyl (C=O) groups excluding carboxylic acids is 1. The molecule has 7 nitrogen and oxygen atoms in total. The molecule has 2 N–H and O–H groups in total. The van der Waals surface area contributed by atoms with Crippen molar-refractivity contribution in [2.24, 2.45) is 5.73 Å². The molecule has 0 atom stereocenters. The summed E-state index contributed by atoms with van der Waals surface area (Å²) in [5.74, 6) is 1.74. The molecule has 3 heterocycles. The molecule has 4 aromatic rings. The van der Waals surface area contributed by atoms with Crippen molar-refractivity contribution >= 4 is 22.6 Å². The van der Waals surface area contributed by atoms with Crippen molar-refractivity contribution in [3.05, 3.63) is 78.6 Å². The molecule has 160 valence electrons. The second-order valence-electron chi connectivity index (χ2n) is 7.80. The lowest BCUT2D eigenvalue weighted by Gasteiger charge is -2.33. The van der Waals surface area contributed by atoms with Gasteiger partial charge in [0.25, 0.3) is 5.91 Å². The van der Waals surface area contributed by atoms with Crippen LogP contribution in [0, 0.1) is 0 Å². The predicted octanol–water partition coefficient (Wildman–Crippen LogP) is 3.84. The molecule has 0 unspecified atom stereocenters. The highest BCUT2D eigenvalue weighted by Crippen LogP contribution is 2.30. The van der Waals surface area contributed by atoms with E-state index in [0.717, 1.165) is 54.0 Å². The first-order valence-electron chi connectivity index (χ1n) is 10.7. The average Bonchev–Trinajstić information content (AvgIpc) is 2.84. The van der Waals surface area contributed by atoms with Crippen molar-refractivity contribution in [2.75, 3.05) is 18.0 Å². The molecule has 0 bridgehead atoms. The van der Waals surface area contributed by atoms with E-state index in [1.54, 1.807) is 18.3 Å². The summed E-state index contributed by atoms with van der Waals surface area (Å²) in [5, 5.41) is 1.05. The first kappa shape index (κ1) is 19.9. The SMILES string of the molecule is NC(=O)c1cc(OC2CCN(c3nc(-c4ccccc4)nc4ccccc34)CC2)ccn1. The van der Waals surface area contributed by atoms with Gasteiger partial charge in [0, 0.05) is 49.1 Å². The first-order chi connectivity index (χ1) is 15.7. The van der Waals surface area contributed by atoms with Crippen molar-refractivity contribution in [2.45, 2.75) is 18.9 Å². The van der Waals surface area contributed by atoms with E-state index in [4.69, 9.17) is 20.4 Å². The van der Waals surface area contributed by atoms with Crippen LogP contribution in [-0.4, -0.2) is 40.1 Å². The van der Waals surface area contributed by atoms with E-state index >= 15 is 0 Å². The van der Waals surface area contributed by atoms with Gasteiger partial charge in [-0.2, -0.15) is 0 Å². The van der Waals surface area contributed by atoms with Crippen LogP contribution in [0.3, 0.4) is 0 Å². The van der Waals surface area contributed by atoms with Gasteiger partial charge in [0.2, 0.25) is 0 Å². The Kier molecular flexibility index (Phi) is 5.37. The van der Waals surface area contributed by atoms with Gasteiger partial charge in [0.15, 0.2) is 5.82 Å². The van der Waals surface area contributed by atoms with Gasteiger partial charge in [-0.3, -0.25) is 9.78 Å². The summed E-state index contributed by atoms with van der Waals surface area (Å²) in [6.45, 7) is 1.63. The highest BCUT2D eigenvalue weighted by atomic mass is 16.5. The number of hydrogen-bond donors (Lipinski definition) is 1. The maximum atomic E-state index is 11.4. The number of amides is 1. The van der Waals surface area contributed by atoms with Crippen LogP contribution in [0.25, 0.3) is 22.3 Å². The lowest BCUT2D eigenvalue weighted by atomic mass is 10.1. The fourth-order valence-corrected chi connectivity index (χ4v) is 4.01. The summed E-state index contributed by atoms with van der Waals surface area (Å²) in [5.41, 5.74) is 7.47. The number of carbonyl (C=O) groups is 1. The van der Waals surface area contributed by atoms with E-state index in [-0.39, 0.29) is 11.8 Å². The zero-order chi connectivity index (χ0) is 21.9. The molecular weight excluding hydrogens is 402 g/mol. The highest BCUT2D eigenvalue weighted by Gasteiger charge is 2.24. The smallest absolute Gasteiger partial charge is 0.267 e. The Morgan fingerprint density at radius 3 is 2.50 bits per heavy atom. The fraction of sp³-hybridized carbons (Fsp3) is 0.200. The summed E-state index contributed by atoms with van der Waals surface area (Å²) in [4.78, 5) is 27.4. The number of rotatable bonds is 5. The summed E-state index contributed by atoms with van der Waals surface area (Å²) in [6.07, 6.45) is 3.28. The second kappa shape index (κ2) is 8.63. The number of anilines is 1. The van der Waals surface area contributed by atoms with Gasteiger partial charge >= 0.3 is 0 Å². The molecule has 1 aliphatic rings. The molecule has 0 aliphatic carbocycles. The third-order valence-electron chi connectivity index (χ3n) is 5.64. The van der Waals surface area contributed by atoms with E-state index in [1.807, 2.05) is 48.5 Å². The number of fused-ring (bicyclic) bond motifs is 1. The summed E-state index contributed by atoms with van der Waals surface area (Å²) in [6, 6.07) is 21.5. The van der Waals surface area contributed by atoms with Crippen LogP contribution in [0.5, 0.6) is 5.75 Å². The minimum atomic E-state index is -0.560. The topological polar surface area (TPSA) is 94.2 Å². The number of hydrogen-bond acceptors (Lipinski definition) is 6. The van der Waals surface area contributed by atoms with E-state index in [9.17, 15) is 4.79 Å². The second-order valence-corrected chi connectivity index (χ2v) is 7.80. The van der Waals surface area contributed by atoms with Crippen molar-refractivity contribution in [3.63, 3.8) is 0 Å². The number of primary amides is 1. The fourth-order valence-electron chi connectivity index (χ4n) is 4.01. The van der Waals surface area contributed by atoms with Gasteiger partial charge in [0.05, 0.1) is 5.52 Å². The van der Waals surface area contributed by atoms with Crippen LogP contribution >= 0.6 is 0 Å². The molecular formula is C25H23N5O2. The Hall–Kier alpha value is -4.00. The first-order valence-corrected chi connectivity index (χ1v) is 10.7. The minimum Gasteiger partial charge on any atom is -0.490 e. The monoisotopic (exact) mass is 425 g/mol. The molecule has 0 spiro atoms. The Morgan fingerprint density at radius 2 is 1.72 bits per heavy atom. The molecule has 0 radical (unpaired) electrons. The Labute approximate surface area is 185 Å². The number of para-hydroxylation sites is 1. The van der Waals surface area contributed by atoms with Gasteiger partial charge in [0.1, 0.15) is 23.4 Å².